The molecule has 1 rings (SSSR count). The van der Waals surface area contributed by atoms with Crippen molar-refractivity contribution in [1.29, 1.82) is 0 Å². The highest BCUT2D eigenvalue weighted by atomic mass is 32.2. The molecule has 84 valence electrons. The van der Waals surface area contributed by atoms with Crippen LogP contribution >= 0.6 is 0 Å². The predicted octanol–water partition coefficient (Wildman–Crippen LogP) is 0.910. The third-order valence-electron chi connectivity index (χ3n) is 2.50. The lowest BCUT2D eigenvalue weighted by atomic mass is 10.3. The average molecular weight is 219 g/mol. The van der Waals surface area contributed by atoms with Crippen LogP contribution < -0.4 is 5.32 Å². The molecular formula is C10H21NO2S. The summed E-state index contributed by atoms with van der Waals surface area (Å²) in [6, 6.07) is 0.476. The smallest absolute Gasteiger partial charge is 0.0691 e. The maximum Gasteiger partial charge on any atom is 0.0691 e. The summed E-state index contributed by atoms with van der Waals surface area (Å²) < 4.78 is 17.2. The van der Waals surface area contributed by atoms with Gasteiger partial charge in [-0.3, -0.25) is 4.21 Å². The first-order valence-corrected chi connectivity index (χ1v) is 6.71. The zero-order valence-electron chi connectivity index (χ0n) is 9.29. The van der Waals surface area contributed by atoms with Crippen molar-refractivity contribution >= 4 is 10.8 Å². The van der Waals surface area contributed by atoms with E-state index in [9.17, 15) is 4.21 Å². The van der Waals surface area contributed by atoms with Gasteiger partial charge in [0.25, 0.3) is 0 Å². The van der Waals surface area contributed by atoms with E-state index in [0.29, 0.717) is 6.04 Å². The molecule has 0 bridgehead atoms. The summed E-state index contributed by atoms with van der Waals surface area (Å²) in [6.45, 7) is 7.84. The van der Waals surface area contributed by atoms with Crippen LogP contribution in [0.15, 0.2) is 0 Å². The Bertz CT molecular complexity index is 197. The van der Waals surface area contributed by atoms with Crippen LogP contribution in [0.4, 0.5) is 0 Å². The molecule has 1 aliphatic heterocycles. The van der Waals surface area contributed by atoms with E-state index in [0.717, 1.165) is 25.3 Å². The summed E-state index contributed by atoms with van der Waals surface area (Å²) in [4.78, 5) is 0. The maximum atomic E-state index is 11.8. The van der Waals surface area contributed by atoms with Crippen LogP contribution in [0.1, 0.15) is 27.2 Å². The average Bonchev–Trinajstić information content (AvgIpc) is 2.50. The van der Waals surface area contributed by atoms with Gasteiger partial charge < -0.3 is 10.1 Å². The Kier molecular flexibility index (Phi) is 5.06. The molecule has 1 aliphatic rings. The minimum absolute atomic E-state index is 0.176. The van der Waals surface area contributed by atoms with Crippen LogP contribution in [-0.2, 0) is 15.5 Å². The molecule has 1 fully saturated rings. The number of rotatable bonds is 5. The first kappa shape index (κ1) is 12.1. The van der Waals surface area contributed by atoms with E-state index in [-0.39, 0.29) is 11.4 Å². The van der Waals surface area contributed by atoms with Gasteiger partial charge in [0.2, 0.25) is 0 Å². The molecule has 3 nitrogen and oxygen atoms in total. The van der Waals surface area contributed by atoms with E-state index in [1.54, 1.807) is 0 Å². The van der Waals surface area contributed by atoms with Crippen molar-refractivity contribution < 1.29 is 8.95 Å². The normalized spacial score (nSPS) is 29.7. The van der Waals surface area contributed by atoms with Crippen molar-refractivity contribution in [2.75, 3.05) is 18.9 Å². The highest BCUT2D eigenvalue weighted by Crippen LogP contribution is 2.18. The fourth-order valence-electron chi connectivity index (χ4n) is 1.66. The van der Waals surface area contributed by atoms with E-state index in [1.807, 2.05) is 6.92 Å². The first-order valence-electron chi connectivity index (χ1n) is 5.33. The van der Waals surface area contributed by atoms with Crippen LogP contribution in [0.2, 0.25) is 0 Å². The van der Waals surface area contributed by atoms with Gasteiger partial charge in [-0.15, -0.1) is 0 Å². The molecule has 0 aliphatic carbocycles. The minimum Gasteiger partial charge on any atom is -0.377 e. The Morgan fingerprint density at radius 1 is 1.57 bits per heavy atom. The highest BCUT2D eigenvalue weighted by Gasteiger charge is 2.28. The predicted molar refractivity (Wildman–Crippen MR) is 60.0 cm³/mol. The van der Waals surface area contributed by atoms with Crippen LogP contribution in [0.3, 0.4) is 0 Å². The molecule has 0 amide bonds. The SMILES string of the molecule is CC(C)NCCS(=O)C1CCOC1C. The summed E-state index contributed by atoms with van der Waals surface area (Å²) in [5.41, 5.74) is 0. The lowest BCUT2D eigenvalue weighted by Gasteiger charge is -2.14. The Balaban J connectivity index is 2.21. The van der Waals surface area contributed by atoms with Crippen molar-refractivity contribution in [2.24, 2.45) is 0 Å². The van der Waals surface area contributed by atoms with Gasteiger partial charge in [-0.05, 0) is 13.3 Å². The number of hydrogen-bond donors (Lipinski definition) is 1. The molecule has 0 saturated carbocycles. The minimum atomic E-state index is -0.729. The van der Waals surface area contributed by atoms with Crippen LogP contribution in [0, 0.1) is 0 Å². The van der Waals surface area contributed by atoms with Crippen molar-refractivity contribution in [3.8, 4) is 0 Å². The molecule has 3 atom stereocenters. The van der Waals surface area contributed by atoms with Gasteiger partial charge >= 0.3 is 0 Å². The van der Waals surface area contributed by atoms with E-state index in [2.05, 4.69) is 19.2 Å². The summed E-state index contributed by atoms with van der Waals surface area (Å²) in [5.74, 6) is 0.747. The van der Waals surface area contributed by atoms with Crippen molar-refractivity contribution in [3.63, 3.8) is 0 Å². The largest absolute Gasteiger partial charge is 0.377 e. The summed E-state index contributed by atoms with van der Waals surface area (Å²) >= 11 is 0. The summed E-state index contributed by atoms with van der Waals surface area (Å²) in [6.07, 6.45) is 1.13. The van der Waals surface area contributed by atoms with Gasteiger partial charge in [0.15, 0.2) is 0 Å². The van der Waals surface area contributed by atoms with Crippen molar-refractivity contribution in [1.82, 2.24) is 5.32 Å². The lowest BCUT2D eigenvalue weighted by Crippen LogP contribution is -2.32. The quantitative estimate of drug-likeness (QED) is 0.747. The van der Waals surface area contributed by atoms with Gasteiger partial charge in [-0.1, -0.05) is 13.8 Å². The molecule has 4 heteroatoms. The number of ether oxygens (including phenoxy) is 1. The van der Waals surface area contributed by atoms with Crippen molar-refractivity contribution in [3.05, 3.63) is 0 Å². The molecule has 1 saturated heterocycles. The molecule has 1 heterocycles. The lowest BCUT2D eigenvalue weighted by molar-refractivity contribution is 0.127. The molecule has 0 aromatic carbocycles. The summed E-state index contributed by atoms with van der Waals surface area (Å²) in [7, 11) is -0.729. The number of hydrogen-bond acceptors (Lipinski definition) is 3. The van der Waals surface area contributed by atoms with E-state index < -0.39 is 10.8 Å². The Morgan fingerprint density at radius 2 is 2.29 bits per heavy atom. The molecule has 0 radical (unpaired) electrons. The topological polar surface area (TPSA) is 38.3 Å². The Labute approximate surface area is 89.1 Å². The third kappa shape index (κ3) is 3.67. The van der Waals surface area contributed by atoms with Crippen LogP contribution in [-0.4, -0.2) is 40.5 Å². The second-order valence-electron chi connectivity index (χ2n) is 4.10. The molecule has 14 heavy (non-hydrogen) atoms. The zero-order chi connectivity index (χ0) is 10.6. The molecule has 1 N–H and O–H groups in total. The van der Waals surface area contributed by atoms with E-state index in [4.69, 9.17) is 4.74 Å². The van der Waals surface area contributed by atoms with Gasteiger partial charge in [0.1, 0.15) is 0 Å². The Morgan fingerprint density at radius 3 is 2.79 bits per heavy atom. The van der Waals surface area contributed by atoms with Crippen molar-refractivity contribution in [2.45, 2.75) is 44.6 Å². The molecular weight excluding hydrogens is 198 g/mol. The second-order valence-corrected chi connectivity index (χ2v) is 5.87. The van der Waals surface area contributed by atoms with Gasteiger partial charge in [0.05, 0.1) is 11.4 Å². The van der Waals surface area contributed by atoms with E-state index in [1.165, 1.54) is 0 Å². The van der Waals surface area contributed by atoms with E-state index >= 15 is 0 Å². The summed E-state index contributed by atoms with van der Waals surface area (Å²) in [5, 5.41) is 3.53. The molecule has 3 unspecified atom stereocenters. The molecule has 0 aromatic rings. The van der Waals surface area contributed by atoms with Gasteiger partial charge in [-0.2, -0.15) is 0 Å². The third-order valence-corrected chi connectivity index (χ3v) is 4.40. The monoisotopic (exact) mass is 219 g/mol. The maximum absolute atomic E-state index is 11.8. The number of nitrogens with one attached hydrogen (secondary N) is 1. The van der Waals surface area contributed by atoms with Gasteiger partial charge in [-0.25, -0.2) is 0 Å². The fourth-order valence-corrected chi connectivity index (χ4v) is 3.14. The Hall–Kier alpha value is 0.0700. The van der Waals surface area contributed by atoms with Crippen LogP contribution in [0.25, 0.3) is 0 Å². The standard InChI is InChI=1S/C10H21NO2S/c1-8(2)11-5-7-14(12)10-4-6-13-9(10)3/h8-11H,4-7H2,1-3H3. The first-order chi connectivity index (χ1) is 6.61. The second kappa shape index (κ2) is 5.83. The fraction of sp³-hybridized carbons (Fsp3) is 1.00. The highest BCUT2D eigenvalue weighted by molar-refractivity contribution is 7.85. The molecule has 0 spiro atoms. The zero-order valence-corrected chi connectivity index (χ0v) is 10.1. The van der Waals surface area contributed by atoms with Gasteiger partial charge in [0, 0.05) is 35.7 Å². The molecule has 0 aromatic heterocycles. The van der Waals surface area contributed by atoms with Crippen LogP contribution in [0.5, 0.6) is 0 Å².